The van der Waals surface area contributed by atoms with Crippen molar-refractivity contribution in [2.45, 2.75) is 13.0 Å². The van der Waals surface area contributed by atoms with Crippen molar-refractivity contribution in [1.82, 2.24) is 19.5 Å². The molecular weight excluding hydrogens is 380 g/mol. The normalized spacial score (nSPS) is 13.7. The SMILES string of the molecule is O=C(c1ccoc1)N1CCc2nc3cc(-c4ccccc4Cl)[nH]n3c(=O)c2C1. The van der Waals surface area contributed by atoms with E-state index in [1.807, 2.05) is 24.3 Å². The van der Waals surface area contributed by atoms with Gasteiger partial charge < -0.3 is 9.32 Å². The highest BCUT2D eigenvalue weighted by Crippen LogP contribution is 2.27. The second kappa shape index (κ2) is 6.38. The first kappa shape index (κ1) is 16.8. The van der Waals surface area contributed by atoms with E-state index in [1.54, 1.807) is 17.0 Å². The smallest absolute Gasteiger partial charge is 0.277 e. The average molecular weight is 395 g/mol. The number of carbonyl (C=O) groups is 1. The van der Waals surface area contributed by atoms with Crippen molar-refractivity contribution in [3.05, 3.63) is 81.1 Å². The number of aromatic amines is 1. The summed E-state index contributed by atoms with van der Waals surface area (Å²) < 4.78 is 6.40. The first-order valence-electron chi connectivity index (χ1n) is 8.82. The van der Waals surface area contributed by atoms with Gasteiger partial charge in [0.15, 0.2) is 5.65 Å². The van der Waals surface area contributed by atoms with Gasteiger partial charge in [0, 0.05) is 29.6 Å². The Bertz CT molecular complexity index is 1260. The number of nitrogens with zero attached hydrogens (tertiary/aromatic N) is 3. The van der Waals surface area contributed by atoms with Crippen LogP contribution in [0.5, 0.6) is 0 Å². The summed E-state index contributed by atoms with van der Waals surface area (Å²) in [5, 5.41) is 3.67. The number of halogens is 1. The molecule has 1 aliphatic heterocycles. The molecule has 3 aromatic heterocycles. The summed E-state index contributed by atoms with van der Waals surface area (Å²) in [4.78, 5) is 31.9. The predicted molar refractivity (Wildman–Crippen MR) is 103 cm³/mol. The van der Waals surface area contributed by atoms with E-state index in [4.69, 9.17) is 16.0 Å². The lowest BCUT2D eigenvalue weighted by Crippen LogP contribution is -2.40. The van der Waals surface area contributed by atoms with Crippen molar-refractivity contribution in [2.24, 2.45) is 0 Å². The van der Waals surface area contributed by atoms with Crippen LogP contribution in [0.25, 0.3) is 16.9 Å². The maximum atomic E-state index is 13.1. The minimum absolute atomic E-state index is 0.160. The zero-order valence-electron chi connectivity index (χ0n) is 14.7. The number of hydrogen-bond acceptors (Lipinski definition) is 4. The Labute approximate surface area is 164 Å². The van der Waals surface area contributed by atoms with Crippen LogP contribution in [-0.4, -0.2) is 31.9 Å². The molecule has 0 atom stereocenters. The topological polar surface area (TPSA) is 83.6 Å². The molecule has 0 unspecified atom stereocenters. The second-order valence-corrected chi connectivity index (χ2v) is 7.08. The molecule has 0 bridgehead atoms. The van der Waals surface area contributed by atoms with Gasteiger partial charge in [-0.3, -0.25) is 14.7 Å². The number of furan rings is 1. The maximum absolute atomic E-state index is 13.1. The van der Waals surface area contributed by atoms with Gasteiger partial charge in [0.05, 0.1) is 35.3 Å². The zero-order valence-corrected chi connectivity index (χ0v) is 15.4. The molecule has 28 heavy (non-hydrogen) atoms. The maximum Gasteiger partial charge on any atom is 0.277 e. The Morgan fingerprint density at radius 2 is 2.11 bits per heavy atom. The Hall–Kier alpha value is -3.32. The minimum atomic E-state index is -0.206. The van der Waals surface area contributed by atoms with Gasteiger partial charge in [0.25, 0.3) is 11.5 Å². The summed E-state index contributed by atoms with van der Waals surface area (Å²) in [5.41, 5.74) is 3.56. The summed E-state index contributed by atoms with van der Waals surface area (Å²) in [6, 6.07) is 10.8. The fourth-order valence-electron chi connectivity index (χ4n) is 3.54. The Balaban J connectivity index is 1.56. The summed E-state index contributed by atoms with van der Waals surface area (Å²) in [6.45, 7) is 0.718. The van der Waals surface area contributed by atoms with Crippen LogP contribution in [0.1, 0.15) is 21.6 Å². The molecule has 0 radical (unpaired) electrons. The van der Waals surface area contributed by atoms with E-state index in [9.17, 15) is 9.59 Å². The average Bonchev–Trinajstić information content (AvgIpc) is 3.38. The van der Waals surface area contributed by atoms with Crippen molar-refractivity contribution in [1.29, 1.82) is 0 Å². The molecule has 1 amide bonds. The standard InChI is InChI=1S/C20H15ClN4O3/c21-15-4-2-1-3-13(15)17-9-18-22-16-5-7-24(19(26)12-6-8-28-11-12)10-14(16)20(27)25(18)23-17/h1-4,6,8-9,11,23H,5,7,10H2. The number of benzene rings is 1. The first-order valence-corrected chi connectivity index (χ1v) is 9.19. The van der Waals surface area contributed by atoms with Gasteiger partial charge in [-0.2, -0.15) is 0 Å². The van der Waals surface area contributed by atoms with Crippen LogP contribution in [0.3, 0.4) is 0 Å². The molecule has 0 spiro atoms. The summed E-state index contributed by atoms with van der Waals surface area (Å²) in [7, 11) is 0. The van der Waals surface area contributed by atoms with Crippen molar-refractivity contribution in [3.8, 4) is 11.3 Å². The van der Waals surface area contributed by atoms with Crippen LogP contribution in [0.15, 0.2) is 58.1 Å². The number of fused-ring (bicyclic) bond motifs is 2. The molecule has 1 aliphatic rings. The molecule has 5 rings (SSSR count). The number of nitrogens with one attached hydrogen (secondary N) is 1. The molecule has 140 valence electrons. The van der Waals surface area contributed by atoms with Crippen LogP contribution >= 0.6 is 11.6 Å². The van der Waals surface area contributed by atoms with Crippen LogP contribution in [0.2, 0.25) is 5.02 Å². The first-order chi connectivity index (χ1) is 13.6. The van der Waals surface area contributed by atoms with Crippen LogP contribution in [-0.2, 0) is 13.0 Å². The zero-order chi connectivity index (χ0) is 19.3. The Morgan fingerprint density at radius 3 is 2.89 bits per heavy atom. The molecular formula is C20H15ClN4O3. The lowest BCUT2D eigenvalue weighted by Gasteiger charge is -2.27. The van der Waals surface area contributed by atoms with Gasteiger partial charge in [-0.05, 0) is 12.1 Å². The fraction of sp³-hybridized carbons (Fsp3) is 0.150. The quantitative estimate of drug-likeness (QED) is 0.566. The number of aromatic nitrogens is 3. The lowest BCUT2D eigenvalue weighted by molar-refractivity contribution is 0.0732. The highest BCUT2D eigenvalue weighted by atomic mass is 35.5. The molecule has 0 fully saturated rings. The minimum Gasteiger partial charge on any atom is -0.472 e. The largest absolute Gasteiger partial charge is 0.472 e. The number of amides is 1. The summed E-state index contributed by atoms with van der Waals surface area (Å²) in [6.07, 6.45) is 3.39. The number of rotatable bonds is 2. The monoisotopic (exact) mass is 394 g/mol. The van der Waals surface area contributed by atoms with Gasteiger partial charge in [-0.25, -0.2) is 9.50 Å². The molecule has 7 nitrogen and oxygen atoms in total. The van der Waals surface area contributed by atoms with E-state index in [1.165, 1.54) is 17.0 Å². The molecule has 0 aliphatic carbocycles. The molecule has 4 heterocycles. The number of H-pyrrole nitrogens is 1. The Kier molecular flexibility index (Phi) is 3.84. The molecule has 0 saturated carbocycles. The molecule has 0 saturated heterocycles. The van der Waals surface area contributed by atoms with Crippen LogP contribution in [0.4, 0.5) is 0 Å². The summed E-state index contributed by atoms with van der Waals surface area (Å²) >= 11 is 6.28. The van der Waals surface area contributed by atoms with E-state index < -0.39 is 0 Å². The molecule has 1 aromatic carbocycles. The van der Waals surface area contributed by atoms with E-state index in [0.717, 1.165) is 11.3 Å². The number of carbonyl (C=O) groups excluding carboxylic acids is 1. The van der Waals surface area contributed by atoms with E-state index in [-0.39, 0.29) is 18.0 Å². The van der Waals surface area contributed by atoms with Crippen molar-refractivity contribution >= 4 is 23.2 Å². The third-order valence-corrected chi connectivity index (χ3v) is 5.31. The third-order valence-electron chi connectivity index (χ3n) is 4.98. The second-order valence-electron chi connectivity index (χ2n) is 6.67. The van der Waals surface area contributed by atoms with E-state index in [0.29, 0.717) is 40.5 Å². The van der Waals surface area contributed by atoms with Crippen molar-refractivity contribution in [3.63, 3.8) is 0 Å². The van der Waals surface area contributed by atoms with Gasteiger partial charge >= 0.3 is 0 Å². The predicted octanol–water partition coefficient (Wildman–Crippen LogP) is 3.13. The Morgan fingerprint density at radius 1 is 1.25 bits per heavy atom. The third kappa shape index (κ3) is 2.63. The number of hydrogen-bond donors (Lipinski definition) is 1. The molecule has 8 heteroatoms. The van der Waals surface area contributed by atoms with E-state index >= 15 is 0 Å². The lowest BCUT2D eigenvalue weighted by atomic mass is 10.1. The van der Waals surface area contributed by atoms with Crippen LogP contribution in [0, 0.1) is 0 Å². The van der Waals surface area contributed by atoms with Crippen LogP contribution < -0.4 is 5.56 Å². The van der Waals surface area contributed by atoms with Gasteiger partial charge in [0.2, 0.25) is 0 Å². The van der Waals surface area contributed by atoms with Gasteiger partial charge in [0.1, 0.15) is 6.26 Å². The van der Waals surface area contributed by atoms with Crippen molar-refractivity contribution < 1.29 is 9.21 Å². The highest BCUT2D eigenvalue weighted by Gasteiger charge is 2.26. The van der Waals surface area contributed by atoms with Gasteiger partial charge in [-0.1, -0.05) is 29.8 Å². The summed E-state index contributed by atoms with van der Waals surface area (Å²) in [5.74, 6) is -0.160. The highest BCUT2D eigenvalue weighted by molar-refractivity contribution is 6.33. The molecule has 1 N–H and O–H groups in total. The van der Waals surface area contributed by atoms with E-state index in [2.05, 4.69) is 10.1 Å². The fourth-order valence-corrected chi connectivity index (χ4v) is 3.78. The van der Waals surface area contributed by atoms with Gasteiger partial charge in [-0.15, -0.1) is 0 Å². The molecule has 4 aromatic rings. The van der Waals surface area contributed by atoms with Crippen molar-refractivity contribution in [2.75, 3.05) is 6.54 Å².